The van der Waals surface area contributed by atoms with Crippen molar-refractivity contribution >= 4 is 0 Å². The summed E-state index contributed by atoms with van der Waals surface area (Å²) in [4.78, 5) is 0. The fourth-order valence-electron chi connectivity index (χ4n) is 2.78. The van der Waals surface area contributed by atoms with Crippen LogP contribution in [0.3, 0.4) is 0 Å². The zero-order chi connectivity index (χ0) is 14.4. The average molecular weight is 278 g/mol. The van der Waals surface area contributed by atoms with E-state index in [1.807, 2.05) is 25.1 Å². The van der Waals surface area contributed by atoms with Crippen molar-refractivity contribution in [2.75, 3.05) is 13.2 Å². The van der Waals surface area contributed by atoms with E-state index in [9.17, 15) is 5.11 Å². The lowest BCUT2D eigenvalue weighted by Crippen LogP contribution is -2.07. The minimum Gasteiger partial charge on any atom is -0.494 e. The van der Waals surface area contributed by atoms with E-state index in [1.165, 1.54) is 25.7 Å². The van der Waals surface area contributed by atoms with Gasteiger partial charge < -0.3 is 14.6 Å². The van der Waals surface area contributed by atoms with Gasteiger partial charge in [0.15, 0.2) is 0 Å². The third-order valence-electron chi connectivity index (χ3n) is 3.95. The predicted octanol–water partition coefficient (Wildman–Crippen LogP) is 3.85. The van der Waals surface area contributed by atoms with E-state index in [0.29, 0.717) is 13.2 Å². The summed E-state index contributed by atoms with van der Waals surface area (Å²) in [6.07, 6.45) is 4.82. The molecule has 0 amide bonds. The molecule has 1 atom stereocenters. The van der Waals surface area contributed by atoms with Crippen LogP contribution in [0.4, 0.5) is 0 Å². The molecule has 0 radical (unpaired) electrons. The molecular formula is C17H26O3. The third kappa shape index (κ3) is 4.22. The second-order valence-electron chi connectivity index (χ2n) is 5.64. The maximum Gasteiger partial charge on any atom is 0.124 e. The van der Waals surface area contributed by atoms with E-state index in [2.05, 4.69) is 0 Å². The monoisotopic (exact) mass is 278 g/mol. The van der Waals surface area contributed by atoms with Crippen molar-refractivity contribution < 1.29 is 14.6 Å². The zero-order valence-electron chi connectivity index (χ0n) is 12.6. The summed E-state index contributed by atoms with van der Waals surface area (Å²) in [5.41, 5.74) is 1.94. The lowest BCUT2D eigenvalue weighted by Gasteiger charge is -2.15. The van der Waals surface area contributed by atoms with Gasteiger partial charge in [-0.3, -0.25) is 0 Å². The fourth-order valence-corrected chi connectivity index (χ4v) is 2.78. The number of aliphatic hydroxyl groups excluding tert-OH is 1. The normalized spacial score (nSPS) is 17.4. The van der Waals surface area contributed by atoms with Gasteiger partial charge in [-0.05, 0) is 50.3 Å². The molecule has 1 aliphatic carbocycles. The summed E-state index contributed by atoms with van der Waals surface area (Å²) < 4.78 is 11.5. The molecule has 0 saturated heterocycles. The van der Waals surface area contributed by atoms with Gasteiger partial charge in [-0.15, -0.1) is 0 Å². The lowest BCUT2D eigenvalue weighted by atomic mass is 10.1. The third-order valence-corrected chi connectivity index (χ3v) is 3.95. The van der Waals surface area contributed by atoms with Crippen LogP contribution in [0.1, 0.15) is 56.8 Å². The van der Waals surface area contributed by atoms with Gasteiger partial charge in [0.1, 0.15) is 5.75 Å². The van der Waals surface area contributed by atoms with Gasteiger partial charge in [0.05, 0.1) is 19.3 Å². The van der Waals surface area contributed by atoms with E-state index in [-0.39, 0.29) is 0 Å². The standard InChI is InChI=1S/C17H26O3/c1-3-20-17-9-8-15(13(2)18)10-16(17)12-19-11-14-6-4-5-7-14/h8-10,13-14,18H,3-7,11-12H2,1-2H3. The molecule has 0 heterocycles. The van der Waals surface area contributed by atoms with Crippen LogP contribution < -0.4 is 4.74 Å². The first-order valence-corrected chi connectivity index (χ1v) is 7.72. The highest BCUT2D eigenvalue weighted by Gasteiger charge is 2.15. The molecule has 1 fully saturated rings. The molecule has 0 spiro atoms. The van der Waals surface area contributed by atoms with Gasteiger partial charge in [0, 0.05) is 12.2 Å². The van der Waals surface area contributed by atoms with E-state index >= 15 is 0 Å². The highest BCUT2D eigenvalue weighted by atomic mass is 16.5. The first kappa shape index (κ1) is 15.3. The van der Waals surface area contributed by atoms with Gasteiger partial charge in [0.25, 0.3) is 0 Å². The first-order chi connectivity index (χ1) is 9.70. The maximum absolute atomic E-state index is 9.69. The molecule has 20 heavy (non-hydrogen) atoms. The molecule has 1 aromatic carbocycles. The minimum absolute atomic E-state index is 0.459. The molecule has 1 aliphatic rings. The smallest absolute Gasteiger partial charge is 0.124 e. The van der Waals surface area contributed by atoms with Gasteiger partial charge in [-0.25, -0.2) is 0 Å². The number of rotatable bonds is 7. The van der Waals surface area contributed by atoms with Gasteiger partial charge in [0.2, 0.25) is 0 Å². The molecule has 3 nitrogen and oxygen atoms in total. The summed E-state index contributed by atoms with van der Waals surface area (Å²) in [7, 11) is 0. The predicted molar refractivity (Wildman–Crippen MR) is 79.9 cm³/mol. The second-order valence-corrected chi connectivity index (χ2v) is 5.64. The number of aliphatic hydroxyl groups is 1. The SMILES string of the molecule is CCOc1ccc(C(C)O)cc1COCC1CCCC1. The van der Waals surface area contributed by atoms with Gasteiger partial charge in [-0.1, -0.05) is 18.9 Å². The van der Waals surface area contributed by atoms with Crippen LogP contribution in [-0.2, 0) is 11.3 Å². The molecule has 0 aromatic heterocycles. The van der Waals surface area contributed by atoms with Crippen LogP contribution in [0.5, 0.6) is 5.75 Å². The molecule has 3 heteroatoms. The van der Waals surface area contributed by atoms with Gasteiger partial charge in [-0.2, -0.15) is 0 Å². The lowest BCUT2D eigenvalue weighted by molar-refractivity contribution is 0.0869. The molecular weight excluding hydrogens is 252 g/mol. The van der Waals surface area contributed by atoms with Crippen LogP contribution in [0.15, 0.2) is 18.2 Å². The molecule has 1 unspecified atom stereocenters. The van der Waals surface area contributed by atoms with Crippen LogP contribution in [0.2, 0.25) is 0 Å². The Morgan fingerprint density at radius 1 is 1.30 bits per heavy atom. The van der Waals surface area contributed by atoms with Crippen molar-refractivity contribution in [1.29, 1.82) is 0 Å². The highest BCUT2D eigenvalue weighted by Crippen LogP contribution is 2.27. The van der Waals surface area contributed by atoms with E-state index in [4.69, 9.17) is 9.47 Å². The van der Waals surface area contributed by atoms with E-state index in [1.54, 1.807) is 6.92 Å². The van der Waals surface area contributed by atoms with Crippen molar-refractivity contribution in [1.82, 2.24) is 0 Å². The van der Waals surface area contributed by atoms with Crippen LogP contribution in [0, 0.1) is 5.92 Å². The number of benzene rings is 1. The van der Waals surface area contributed by atoms with E-state index < -0.39 is 6.10 Å². The topological polar surface area (TPSA) is 38.7 Å². The summed E-state index contributed by atoms with van der Waals surface area (Å²) >= 11 is 0. The van der Waals surface area contributed by atoms with Crippen LogP contribution in [-0.4, -0.2) is 18.3 Å². The first-order valence-electron chi connectivity index (χ1n) is 7.72. The molecule has 0 aliphatic heterocycles. The Morgan fingerprint density at radius 3 is 2.70 bits per heavy atom. The Labute approximate surface area is 121 Å². The summed E-state index contributed by atoms with van der Waals surface area (Å²) in [5, 5.41) is 9.69. The van der Waals surface area contributed by atoms with Gasteiger partial charge >= 0.3 is 0 Å². The number of hydrogen-bond donors (Lipinski definition) is 1. The Balaban J connectivity index is 1.96. The molecule has 112 valence electrons. The Hall–Kier alpha value is -1.06. The molecule has 1 saturated carbocycles. The Morgan fingerprint density at radius 2 is 2.05 bits per heavy atom. The maximum atomic E-state index is 9.69. The Kier molecular flexibility index (Phi) is 5.86. The fraction of sp³-hybridized carbons (Fsp3) is 0.647. The minimum atomic E-state index is -0.459. The summed E-state index contributed by atoms with van der Waals surface area (Å²) in [6, 6.07) is 5.83. The summed E-state index contributed by atoms with van der Waals surface area (Å²) in [6.45, 7) is 5.80. The quantitative estimate of drug-likeness (QED) is 0.823. The van der Waals surface area contributed by atoms with Crippen molar-refractivity contribution in [2.45, 2.75) is 52.2 Å². The second kappa shape index (κ2) is 7.65. The number of hydrogen-bond acceptors (Lipinski definition) is 3. The van der Waals surface area contributed by atoms with Crippen molar-refractivity contribution in [3.63, 3.8) is 0 Å². The molecule has 1 N–H and O–H groups in total. The largest absolute Gasteiger partial charge is 0.494 e. The molecule has 0 bridgehead atoms. The summed E-state index contributed by atoms with van der Waals surface area (Å²) in [5.74, 6) is 1.59. The van der Waals surface area contributed by atoms with Crippen molar-refractivity contribution in [3.05, 3.63) is 29.3 Å². The Bertz CT molecular complexity index is 409. The van der Waals surface area contributed by atoms with Crippen LogP contribution in [0.25, 0.3) is 0 Å². The highest BCUT2D eigenvalue weighted by molar-refractivity contribution is 5.37. The molecule has 2 rings (SSSR count). The van der Waals surface area contributed by atoms with E-state index in [0.717, 1.165) is 29.4 Å². The van der Waals surface area contributed by atoms with Crippen molar-refractivity contribution in [3.8, 4) is 5.75 Å². The van der Waals surface area contributed by atoms with Crippen LogP contribution >= 0.6 is 0 Å². The molecule has 1 aromatic rings. The number of ether oxygens (including phenoxy) is 2. The zero-order valence-corrected chi connectivity index (χ0v) is 12.6. The average Bonchev–Trinajstić information content (AvgIpc) is 2.93. The van der Waals surface area contributed by atoms with Crippen molar-refractivity contribution in [2.24, 2.45) is 5.92 Å².